The highest BCUT2D eigenvalue weighted by Crippen LogP contribution is 2.43. The van der Waals surface area contributed by atoms with Gasteiger partial charge in [-0.2, -0.15) is 0 Å². The first kappa shape index (κ1) is 11.3. The molecule has 3 rings (SSSR count). The predicted octanol–water partition coefficient (Wildman–Crippen LogP) is 2.82. The van der Waals surface area contributed by atoms with Crippen LogP contribution in [-0.4, -0.2) is 20.5 Å². The average Bonchev–Trinajstić information content (AvgIpc) is 2.92. The van der Waals surface area contributed by atoms with Gasteiger partial charge in [0, 0.05) is 11.5 Å². The fourth-order valence-electron chi connectivity index (χ4n) is 2.14. The standard InChI is InChI=1S/C14H16O4/c1-14(2)6-13(16-7-14)9-4-11-12(18-8-17-11)5-10(9)15-3/h4-6H,7-8H2,1-3H3. The van der Waals surface area contributed by atoms with Gasteiger partial charge in [0.25, 0.3) is 0 Å². The van der Waals surface area contributed by atoms with Gasteiger partial charge in [0.05, 0.1) is 19.3 Å². The Labute approximate surface area is 106 Å². The second-order valence-corrected chi connectivity index (χ2v) is 5.19. The van der Waals surface area contributed by atoms with Crippen molar-refractivity contribution in [3.63, 3.8) is 0 Å². The van der Waals surface area contributed by atoms with Crippen LogP contribution in [0.15, 0.2) is 18.2 Å². The molecule has 1 aromatic rings. The molecule has 0 N–H and O–H groups in total. The van der Waals surface area contributed by atoms with Crippen molar-refractivity contribution in [2.24, 2.45) is 5.41 Å². The molecule has 0 saturated heterocycles. The summed E-state index contributed by atoms with van der Waals surface area (Å²) in [6, 6.07) is 3.75. The molecular weight excluding hydrogens is 232 g/mol. The van der Waals surface area contributed by atoms with Crippen molar-refractivity contribution in [1.82, 2.24) is 0 Å². The molecule has 2 heterocycles. The van der Waals surface area contributed by atoms with Gasteiger partial charge in [0.15, 0.2) is 11.5 Å². The highest BCUT2D eigenvalue weighted by molar-refractivity contribution is 5.71. The second kappa shape index (κ2) is 3.83. The number of fused-ring (bicyclic) bond motifs is 1. The molecule has 1 aromatic carbocycles. The lowest BCUT2D eigenvalue weighted by Gasteiger charge is -2.11. The maximum Gasteiger partial charge on any atom is 0.231 e. The third-order valence-corrected chi connectivity index (χ3v) is 3.08. The van der Waals surface area contributed by atoms with Crippen LogP contribution in [0, 0.1) is 5.41 Å². The molecule has 0 spiro atoms. The summed E-state index contributed by atoms with van der Waals surface area (Å²) in [5, 5.41) is 0. The third-order valence-electron chi connectivity index (χ3n) is 3.08. The summed E-state index contributed by atoms with van der Waals surface area (Å²) in [6.07, 6.45) is 2.12. The van der Waals surface area contributed by atoms with E-state index < -0.39 is 0 Å². The van der Waals surface area contributed by atoms with E-state index in [9.17, 15) is 0 Å². The van der Waals surface area contributed by atoms with E-state index in [1.54, 1.807) is 7.11 Å². The molecule has 0 saturated carbocycles. The normalized spacial score (nSPS) is 19.4. The first-order valence-corrected chi connectivity index (χ1v) is 5.93. The van der Waals surface area contributed by atoms with Crippen LogP contribution in [0.5, 0.6) is 17.2 Å². The van der Waals surface area contributed by atoms with Gasteiger partial charge in [-0.15, -0.1) is 0 Å². The van der Waals surface area contributed by atoms with E-state index in [1.807, 2.05) is 12.1 Å². The molecule has 0 bridgehead atoms. The van der Waals surface area contributed by atoms with Gasteiger partial charge in [-0.25, -0.2) is 0 Å². The lowest BCUT2D eigenvalue weighted by atomic mass is 9.95. The summed E-state index contributed by atoms with van der Waals surface area (Å²) in [7, 11) is 1.64. The highest BCUT2D eigenvalue weighted by atomic mass is 16.7. The molecule has 4 nitrogen and oxygen atoms in total. The molecule has 0 unspecified atom stereocenters. The summed E-state index contributed by atoms with van der Waals surface area (Å²) in [6.45, 7) is 5.21. The van der Waals surface area contributed by atoms with Crippen molar-refractivity contribution < 1.29 is 18.9 Å². The van der Waals surface area contributed by atoms with Crippen molar-refractivity contribution in [3.05, 3.63) is 23.8 Å². The minimum atomic E-state index is 0.0523. The fourth-order valence-corrected chi connectivity index (χ4v) is 2.14. The Hall–Kier alpha value is -1.84. The molecule has 0 radical (unpaired) electrons. The summed E-state index contributed by atoms with van der Waals surface area (Å²) in [5.74, 6) is 3.03. The molecular formula is C14H16O4. The third kappa shape index (κ3) is 1.78. The zero-order valence-electron chi connectivity index (χ0n) is 10.8. The van der Waals surface area contributed by atoms with Gasteiger partial charge >= 0.3 is 0 Å². The number of benzene rings is 1. The van der Waals surface area contributed by atoms with Crippen LogP contribution in [0.2, 0.25) is 0 Å². The number of ether oxygens (including phenoxy) is 4. The van der Waals surface area contributed by atoms with Gasteiger partial charge in [-0.1, -0.05) is 13.8 Å². The Morgan fingerprint density at radius 3 is 2.44 bits per heavy atom. The molecule has 18 heavy (non-hydrogen) atoms. The van der Waals surface area contributed by atoms with Crippen LogP contribution >= 0.6 is 0 Å². The Balaban J connectivity index is 2.07. The number of hydrogen-bond acceptors (Lipinski definition) is 4. The molecule has 96 valence electrons. The number of hydrogen-bond donors (Lipinski definition) is 0. The zero-order valence-corrected chi connectivity index (χ0v) is 10.8. The minimum Gasteiger partial charge on any atom is -0.496 e. The van der Waals surface area contributed by atoms with E-state index in [0.717, 1.165) is 22.8 Å². The highest BCUT2D eigenvalue weighted by Gasteiger charge is 2.28. The molecule has 4 heteroatoms. The van der Waals surface area contributed by atoms with Crippen molar-refractivity contribution >= 4 is 5.76 Å². The quantitative estimate of drug-likeness (QED) is 0.806. The smallest absolute Gasteiger partial charge is 0.231 e. The molecule has 0 amide bonds. The Morgan fingerprint density at radius 2 is 1.83 bits per heavy atom. The van der Waals surface area contributed by atoms with Crippen molar-refractivity contribution in [2.45, 2.75) is 13.8 Å². The first-order chi connectivity index (χ1) is 8.59. The van der Waals surface area contributed by atoms with Gasteiger partial charge < -0.3 is 18.9 Å². The Morgan fingerprint density at radius 1 is 1.11 bits per heavy atom. The van der Waals surface area contributed by atoms with Crippen LogP contribution in [-0.2, 0) is 4.74 Å². The van der Waals surface area contributed by atoms with E-state index in [-0.39, 0.29) is 12.2 Å². The molecule has 0 aromatic heterocycles. The summed E-state index contributed by atoms with van der Waals surface area (Å²) in [5.41, 5.74) is 0.962. The fraction of sp³-hybridized carbons (Fsp3) is 0.429. The average molecular weight is 248 g/mol. The molecule has 2 aliphatic rings. The lowest BCUT2D eigenvalue weighted by molar-refractivity contribution is 0.174. The maximum absolute atomic E-state index is 5.74. The number of methoxy groups -OCH3 is 1. The van der Waals surface area contributed by atoms with Gasteiger partial charge in [0.1, 0.15) is 11.5 Å². The van der Waals surface area contributed by atoms with Crippen LogP contribution < -0.4 is 14.2 Å². The number of rotatable bonds is 2. The van der Waals surface area contributed by atoms with Crippen LogP contribution in [0.3, 0.4) is 0 Å². The Kier molecular flexibility index (Phi) is 2.40. The van der Waals surface area contributed by atoms with E-state index in [2.05, 4.69) is 19.9 Å². The van der Waals surface area contributed by atoms with E-state index >= 15 is 0 Å². The van der Waals surface area contributed by atoms with Crippen molar-refractivity contribution in [2.75, 3.05) is 20.5 Å². The SMILES string of the molecule is COc1cc2c(cc1C1=CC(C)(C)CO1)OCO2. The van der Waals surface area contributed by atoms with Crippen LogP contribution in [0.4, 0.5) is 0 Å². The van der Waals surface area contributed by atoms with Crippen molar-refractivity contribution in [3.8, 4) is 17.2 Å². The van der Waals surface area contributed by atoms with E-state index in [4.69, 9.17) is 18.9 Å². The minimum absolute atomic E-state index is 0.0523. The monoisotopic (exact) mass is 248 g/mol. The summed E-state index contributed by atoms with van der Waals surface area (Å²) < 4.78 is 21.9. The van der Waals surface area contributed by atoms with E-state index in [1.165, 1.54) is 0 Å². The van der Waals surface area contributed by atoms with E-state index in [0.29, 0.717) is 12.4 Å². The lowest BCUT2D eigenvalue weighted by Crippen LogP contribution is -2.08. The van der Waals surface area contributed by atoms with Crippen molar-refractivity contribution in [1.29, 1.82) is 0 Å². The van der Waals surface area contributed by atoms with Crippen LogP contribution in [0.25, 0.3) is 5.76 Å². The zero-order chi connectivity index (χ0) is 12.8. The molecule has 2 aliphatic heterocycles. The predicted molar refractivity (Wildman–Crippen MR) is 66.8 cm³/mol. The largest absolute Gasteiger partial charge is 0.496 e. The first-order valence-electron chi connectivity index (χ1n) is 5.93. The molecule has 0 aliphatic carbocycles. The maximum atomic E-state index is 5.74. The summed E-state index contributed by atoms with van der Waals surface area (Å²) >= 11 is 0. The molecule has 0 atom stereocenters. The summed E-state index contributed by atoms with van der Waals surface area (Å²) in [4.78, 5) is 0. The van der Waals surface area contributed by atoms with Crippen LogP contribution in [0.1, 0.15) is 19.4 Å². The van der Waals surface area contributed by atoms with Gasteiger partial charge in [-0.05, 0) is 12.1 Å². The molecule has 0 fully saturated rings. The Bertz CT molecular complexity index is 517. The van der Waals surface area contributed by atoms with Gasteiger partial charge in [-0.3, -0.25) is 0 Å². The second-order valence-electron chi connectivity index (χ2n) is 5.19. The van der Waals surface area contributed by atoms with Gasteiger partial charge in [0.2, 0.25) is 6.79 Å². The topological polar surface area (TPSA) is 36.9 Å².